The Hall–Kier alpha value is -4.01. The maximum atomic E-state index is 16.3. The minimum atomic E-state index is -0.339. The third-order valence-electron chi connectivity index (χ3n) is 8.88. The van der Waals surface area contributed by atoms with Crippen LogP contribution in [0.1, 0.15) is 75.3 Å². The van der Waals surface area contributed by atoms with Gasteiger partial charge in [-0.1, -0.05) is 32.6 Å². The maximum Gasteiger partial charge on any atom is 0.318 e. The fourth-order valence-corrected chi connectivity index (χ4v) is 6.55. The number of aromatic nitrogens is 1. The number of carbonyl (C=O) groups excluding carboxylic acids is 1. The van der Waals surface area contributed by atoms with Crippen molar-refractivity contribution in [1.82, 2.24) is 20.1 Å². The number of carbonyl (C=O) groups is 1. The van der Waals surface area contributed by atoms with Crippen molar-refractivity contribution < 1.29 is 14.3 Å². The number of nitrogens with zero attached hydrogens (tertiary/aromatic N) is 3. The number of aromatic hydroxyl groups is 1. The number of pyridine rings is 1. The monoisotopic (exact) mass is 588 g/mol. The van der Waals surface area contributed by atoms with Gasteiger partial charge in [0.15, 0.2) is 0 Å². The molecule has 2 aromatic carbocycles. The number of hydrogen-bond acceptors (Lipinski definition) is 5. The third-order valence-corrected chi connectivity index (χ3v) is 8.88. The zero-order valence-electron chi connectivity index (χ0n) is 26.1. The van der Waals surface area contributed by atoms with Crippen LogP contribution < -0.4 is 20.9 Å². The molecule has 1 aromatic heterocycles. The first-order valence-corrected chi connectivity index (χ1v) is 15.6. The summed E-state index contributed by atoms with van der Waals surface area (Å²) in [5, 5.41) is 26.6. The highest BCUT2D eigenvalue weighted by molar-refractivity contribution is 5.90. The molecule has 2 atom stereocenters. The Morgan fingerprint density at radius 2 is 1.91 bits per heavy atom. The van der Waals surface area contributed by atoms with E-state index in [0.29, 0.717) is 54.9 Å². The van der Waals surface area contributed by atoms with Crippen molar-refractivity contribution in [2.45, 2.75) is 85.0 Å². The van der Waals surface area contributed by atoms with Gasteiger partial charge < -0.3 is 30.1 Å². The molecule has 8 nitrogen and oxygen atoms in total. The van der Waals surface area contributed by atoms with Crippen LogP contribution in [0.4, 0.5) is 14.9 Å². The number of amides is 2. The van der Waals surface area contributed by atoms with Crippen molar-refractivity contribution >= 4 is 28.3 Å². The average Bonchev–Trinajstić information content (AvgIpc) is 3.81. The molecule has 0 spiro atoms. The summed E-state index contributed by atoms with van der Waals surface area (Å²) in [5.74, 6) is -0.124. The van der Waals surface area contributed by atoms with Gasteiger partial charge in [0.2, 0.25) is 0 Å². The molecule has 1 saturated carbocycles. The van der Waals surface area contributed by atoms with Gasteiger partial charge in [-0.25, -0.2) is 9.18 Å². The third kappa shape index (κ3) is 5.82. The normalized spacial score (nSPS) is 18.7. The number of nitrogens with one attached hydrogen (secondary N) is 3. The van der Waals surface area contributed by atoms with Crippen molar-refractivity contribution in [3.63, 3.8) is 0 Å². The number of benzene rings is 2. The molecule has 0 radical (unpaired) electrons. The highest BCUT2D eigenvalue weighted by Crippen LogP contribution is 2.41. The molecule has 230 valence electrons. The minimum Gasteiger partial charge on any atom is -0.508 e. The summed E-state index contributed by atoms with van der Waals surface area (Å²) >= 11 is 0. The molecule has 2 fully saturated rings. The first kappa shape index (κ1) is 30.4. The number of piperazine rings is 1. The number of halogens is 1. The number of urea groups is 1. The van der Waals surface area contributed by atoms with Gasteiger partial charge in [0.25, 0.3) is 0 Å². The van der Waals surface area contributed by atoms with E-state index in [-0.39, 0.29) is 41.1 Å². The molecule has 2 amide bonds. The zero-order valence-corrected chi connectivity index (χ0v) is 26.1. The molecule has 2 heterocycles. The number of aryl methyl sites for hydroxylation is 2. The molecule has 0 bridgehead atoms. The number of hydrogen-bond donors (Lipinski definition) is 4. The summed E-state index contributed by atoms with van der Waals surface area (Å²) in [6, 6.07) is 7.17. The smallest absolute Gasteiger partial charge is 0.318 e. The Balaban J connectivity index is 1.55. The largest absolute Gasteiger partial charge is 0.508 e. The molecule has 1 aliphatic heterocycles. The van der Waals surface area contributed by atoms with Crippen molar-refractivity contribution in [2.75, 3.05) is 24.5 Å². The quantitative estimate of drug-likeness (QED) is 0.248. The first-order valence-electron chi connectivity index (χ1n) is 15.6. The predicted molar refractivity (Wildman–Crippen MR) is 171 cm³/mol. The Bertz CT molecular complexity index is 1610. The van der Waals surface area contributed by atoms with Crippen LogP contribution in [-0.4, -0.2) is 52.3 Å². The van der Waals surface area contributed by atoms with E-state index >= 15 is 4.39 Å². The van der Waals surface area contributed by atoms with Gasteiger partial charge in [-0.3, -0.25) is 5.41 Å². The Kier molecular flexibility index (Phi) is 8.71. The summed E-state index contributed by atoms with van der Waals surface area (Å²) < 4.78 is 18.5. The molecule has 1 saturated heterocycles. The molecule has 3 aromatic rings. The van der Waals surface area contributed by atoms with Crippen molar-refractivity contribution in [3.8, 4) is 5.75 Å². The van der Waals surface area contributed by atoms with E-state index in [2.05, 4.69) is 33.6 Å². The van der Waals surface area contributed by atoms with Gasteiger partial charge in [0, 0.05) is 72.2 Å². The second kappa shape index (κ2) is 12.3. The van der Waals surface area contributed by atoms with Gasteiger partial charge in [0.1, 0.15) is 11.6 Å². The lowest BCUT2D eigenvalue weighted by molar-refractivity contribution is 0.133. The van der Waals surface area contributed by atoms with E-state index in [1.165, 1.54) is 6.07 Å². The van der Waals surface area contributed by atoms with Gasteiger partial charge >= 0.3 is 6.03 Å². The van der Waals surface area contributed by atoms with Crippen molar-refractivity contribution in [3.05, 3.63) is 70.5 Å². The van der Waals surface area contributed by atoms with E-state index in [1.807, 2.05) is 50.9 Å². The molecule has 2 unspecified atom stereocenters. The van der Waals surface area contributed by atoms with E-state index in [9.17, 15) is 15.3 Å². The van der Waals surface area contributed by atoms with Gasteiger partial charge in [-0.05, 0) is 64.2 Å². The first-order chi connectivity index (χ1) is 20.6. The maximum absolute atomic E-state index is 16.3. The highest BCUT2D eigenvalue weighted by Gasteiger charge is 2.37. The van der Waals surface area contributed by atoms with E-state index in [4.69, 9.17) is 0 Å². The Morgan fingerprint density at radius 3 is 2.53 bits per heavy atom. The van der Waals surface area contributed by atoms with Crippen LogP contribution in [0, 0.1) is 18.2 Å². The number of phenols is 1. The second-order valence-corrected chi connectivity index (χ2v) is 12.0. The summed E-state index contributed by atoms with van der Waals surface area (Å²) in [6.45, 7) is 16.2. The van der Waals surface area contributed by atoms with Crippen LogP contribution in [0.3, 0.4) is 0 Å². The lowest BCUT2D eigenvalue weighted by atomic mass is 9.97. The lowest BCUT2D eigenvalue weighted by Gasteiger charge is -2.46. The van der Waals surface area contributed by atoms with Crippen LogP contribution in [0.5, 0.6) is 5.75 Å². The summed E-state index contributed by atoms with van der Waals surface area (Å²) in [5.41, 5.74) is 5.30. The summed E-state index contributed by atoms with van der Waals surface area (Å²) in [6.07, 6.45) is 5.44. The molecule has 1 aliphatic carbocycles. The number of fused-ring (bicyclic) bond motifs is 1. The van der Waals surface area contributed by atoms with Crippen LogP contribution in [0.15, 0.2) is 37.0 Å². The summed E-state index contributed by atoms with van der Waals surface area (Å²) in [7, 11) is 0. The highest BCUT2D eigenvalue weighted by atomic mass is 19.1. The number of rotatable bonds is 9. The SMILES string of the molecule is C=C(NCc1ccc(C)cc1O)c1cn(C2CC2)c2c(CC)c(N3CC(C)N(C(=O)NCC)C(CC)C3)c(F)cc2c1=N. The van der Waals surface area contributed by atoms with Gasteiger partial charge in [0.05, 0.1) is 22.6 Å². The minimum absolute atomic E-state index is 0.0397. The zero-order chi connectivity index (χ0) is 31.0. The number of phenolic OH excluding ortho intramolecular Hbond substituents is 1. The topological polar surface area (TPSA) is 96.6 Å². The standard InChI is InChI=1S/C34H45FN6O2/c1-7-24-18-39(17-21(5)41(24)34(43)37-9-3)33-26(8-2)32-27(15-29(33)35)31(36)28(19-40(32)25-12-13-25)22(6)38-16-23-11-10-20(4)14-30(23)42/h10-11,14-15,19,21,24-25,36,38,42H,6-9,12-13,16-18H2,1-5H3,(H,37,43). The molecule has 2 aliphatic rings. The Morgan fingerprint density at radius 1 is 1.16 bits per heavy atom. The van der Waals surface area contributed by atoms with E-state index in [1.54, 1.807) is 6.07 Å². The van der Waals surface area contributed by atoms with Crippen LogP contribution in [-0.2, 0) is 13.0 Å². The molecule has 9 heteroatoms. The fraction of sp³-hybridized carbons (Fsp3) is 0.471. The Labute approximate surface area is 253 Å². The molecule has 5 rings (SSSR count). The molecular weight excluding hydrogens is 543 g/mol. The molecular formula is C34H45FN6O2. The van der Waals surface area contributed by atoms with E-state index in [0.717, 1.165) is 41.5 Å². The lowest BCUT2D eigenvalue weighted by Crippen LogP contribution is -2.62. The van der Waals surface area contributed by atoms with Crippen molar-refractivity contribution in [2.24, 2.45) is 0 Å². The van der Waals surface area contributed by atoms with Crippen molar-refractivity contribution in [1.29, 1.82) is 5.41 Å². The molecule has 43 heavy (non-hydrogen) atoms. The van der Waals surface area contributed by atoms with Gasteiger partial charge in [-0.15, -0.1) is 0 Å². The van der Waals surface area contributed by atoms with E-state index < -0.39 is 0 Å². The fourth-order valence-electron chi connectivity index (χ4n) is 6.55. The van der Waals surface area contributed by atoms with Gasteiger partial charge in [-0.2, -0.15) is 0 Å². The number of anilines is 1. The molecule has 4 N–H and O–H groups in total. The summed E-state index contributed by atoms with van der Waals surface area (Å²) in [4.78, 5) is 16.9. The van der Waals surface area contributed by atoms with Crippen LogP contribution in [0.2, 0.25) is 0 Å². The second-order valence-electron chi connectivity index (χ2n) is 12.0. The van der Waals surface area contributed by atoms with Crippen LogP contribution >= 0.6 is 0 Å². The average molecular weight is 589 g/mol. The predicted octanol–water partition coefficient (Wildman–Crippen LogP) is 5.95. The van der Waals surface area contributed by atoms with Crippen LogP contribution in [0.25, 0.3) is 16.6 Å².